The number of allylic oxidation sites excluding steroid dienone is 4. The summed E-state index contributed by atoms with van der Waals surface area (Å²) in [6.07, 6.45) is -7.83. The van der Waals surface area contributed by atoms with Gasteiger partial charge in [-0.25, -0.2) is 0 Å². The van der Waals surface area contributed by atoms with Gasteiger partial charge in [-0.3, -0.25) is 0 Å². The summed E-state index contributed by atoms with van der Waals surface area (Å²) >= 11 is 0. The Labute approximate surface area is 81.3 Å². The zero-order valence-electron chi connectivity index (χ0n) is 7.28. The van der Waals surface area contributed by atoms with Gasteiger partial charge in [0.05, 0.1) is 0 Å². The van der Waals surface area contributed by atoms with E-state index in [4.69, 9.17) is 0 Å². The maximum Gasteiger partial charge on any atom is 0.413 e. The van der Waals surface area contributed by atoms with Crippen LogP contribution >= 0.6 is 0 Å². The average molecular weight is 228 g/mol. The highest BCUT2D eigenvalue weighted by atomic mass is 19.4. The summed E-state index contributed by atoms with van der Waals surface area (Å²) in [5, 5.41) is 0. The van der Waals surface area contributed by atoms with Crippen LogP contribution in [0.5, 0.6) is 0 Å². The topological polar surface area (TPSA) is 0 Å². The van der Waals surface area contributed by atoms with Gasteiger partial charge in [0.2, 0.25) is 0 Å². The van der Waals surface area contributed by atoms with E-state index >= 15 is 0 Å². The number of halogens is 6. The van der Waals surface area contributed by atoms with Crippen molar-refractivity contribution in [3.8, 4) is 0 Å². The zero-order chi connectivity index (χ0) is 11.5. The SMILES string of the molecule is FC(F)(F)C1=CC2C=CC1(C(F)(F)F)C2. The highest BCUT2D eigenvalue weighted by Gasteiger charge is 2.66. The maximum absolute atomic E-state index is 12.6. The lowest BCUT2D eigenvalue weighted by atomic mass is 9.81. The molecule has 0 N–H and O–H groups in total. The minimum absolute atomic E-state index is 0.536. The van der Waals surface area contributed by atoms with Crippen molar-refractivity contribution in [1.29, 1.82) is 0 Å². The quantitative estimate of drug-likeness (QED) is 0.439. The Kier molecular flexibility index (Phi) is 1.83. The molecular weight excluding hydrogens is 222 g/mol. The first-order valence-corrected chi connectivity index (χ1v) is 4.22. The van der Waals surface area contributed by atoms with E-state index in [-0.39, 0.29) is 0 Å². The third-order valence-electron chi connectivity index (χ3n) is 2.86. The van der Waals surface area contributed by atoms with Crippen LogP contribution in [-0.2, 0) is 0 Å². The molecule has 0 aliphatic heterocycles. The van der Waals surface area contributed by atoms with E-state index in [1.54, 1.807) is 0 Å². The molecule has 2 rings (SSSR count). The van der Waals surface area contributed by atoms with Crippen LogP contribution in [-0.4, -0.2) is 12.4 Å². The molecule has 0 nitrogen and oxygen atoms in total. The van der Waals surface area contributed by atoms with Crippen molar-refractivity contribution in [3.05, 3.63) is 23.8 Å². The molecule has 0 spiro atoms. The number of fused-ring (bicyclic) bond motifs is 2. The molecule has 0 radical (unpaired) electrons. The lowest BCUT2D eigenvalue weighted by Crippen LogP contribution is -2.39. The first kappa shape index (κ1) is 10.6. The molecule has 84 valence electrons. The van der Waals surface area contributed by atoms with Crippen LogP contribution in [0.4, 0.5) is 26.3 Å². The standard InChI is InChI=1S/C9H6F6/c10-8(11,12)6-3-5-1-2-7(6,4-5)9(13,14)15/h1-3,5H,4H2. The van der Waals surface area contributed by atoms with E-state index in [9.17, 15) is 26.3 Å². The first-order valence-electron chi connectivity index (χ1n) is 4.22. The monoisotopic (exact) mass is 228 g/mol. The summed E-state index contributed by atoms with van der Waals surface area (Å²) in [5.74, 6) is -0.733. The average Bonchev–Trinajstić information content (AvgIpc) is 2.57. The fourth-order valence-corrected chi connectivity index (χ4v) is 2.18. The summed E-state index contributed by atoms with van der Waals surface area (Å²) in [6.45, 7) is 0. The van der Waals surface area contributed by atoms with Crippen molar-refractivity contribution in [2.45, 2.75) is 18.8 Å². The number of alkyl halides is 6. The van der Waals surface area contributed by atoms with E-state index in [0.29, 0.717) is 12.2 Å². The molecule has 0 saturated heterocycles. The summed E-state index contributed by atoms with van der Waals surface area (Å²) in [6, 6.07) is 0. The molecule has 15 heavy (non-hydrogen) atoms. The van der Waals surface area contributed by atoms with Gasteiger partial charge in [-0.05, 0) is 12.3 Å². The molecule has 0 amide bonds. The molecule has 6 heteroatoms. The molecule has 0 aromatic carbocycles. The van der Waals surface area contributed by atoms with Crippen molar-refractivity contribution < 1.29 is 26.3 Å². The largest absolute Gasteiger partial charge is 0.413 e. The van der Waals surface area contributed by atoms with E-state index in [1.807, 2.05) is 0 Å². The molecular formula is C9H6F6. The molecule has 2 aliphatic carbocycles. The van der Waals surface area contributed by atoms with Gasteiger partial charge in [0.15, 0.2) is 0 Å². The molecule has 2 atom stereocenters. The number of rotatable bonds is 0. The normalized spacial score (nSPS) is 34.8. The molecule has 2 bridgehead atoms. The van der Waals surface area contributed by atoms with Gasteiger partial charge >= 0.3 is 12.4 Å². The van der Waals surface area contributed by atoms with Crippen LogP contribution in [0.1, 0.15) is 6.42 Å². The van der Waals surface area contributed by atoms with E-state index < -0.39 is 35.7 Å². The first-order chi connectivity index (χ1) is 6.67. The van der Waals surface area contributed by atoms with Crippen LogP contribution in [0.3, 0.4) is 0 Å². The molecule has 0 fully saturated rings. The van der Waals surface area contributed by atoms with Crippen LogP contribution in [0.25, 0.3) is 0 Å². The molecule has 0 aromatic heterocycles. The van der Waals surface area contributed by atoms with E-state index in [2.05, 4.69) is 0 Å². The van der Waals surface area contributed by atoms with Crippen molar-refractivity contribution in [2.24, 2.45) is 11.3 Å². The minimum atomic E-state index is -4.91. The maximum atomic E-state index is 12.6. The van der Waals surface area contributed by atoms with Gasteiger partial charge in [0.25, 0.3) is 0 Å². The third-order valence-corrected chi connectivity index (χ3v) is 2.86. The second-order valence-corrected chi connectivity index (χ2v) is 3.77. The second-order valence-electron chi connectivity index (χ2n) is 3.77. The van der Waals surface area contributed by atoms with Gasteiger partial charge in [-0.2, -0.15) is 26.3 Å². The highest BCUT2D eigenvalue weighted by molar-refractivity contribution is 5.41. The van der Waals surface area contributed by atoms with E-state index in [0.717, 1.165) is 0 Å². The molecule has 2 aliphatic rings. The molecule has 0 heterocycles. The smallest absolute Gasteiger partial charge is 0.170 e. The Morgan fingerprint density at radius 2 is 1.73 bits per heavy atom. The van der Waals surface area contributed by atoms with Crippen LogP contribution in [0.15, 0.2) is 23.8 Å². The Morgan fingerprint density at radius 3 is 2.07 bits per heavy atom. The van der Waals surface area contributed by atoms with Gasteiger partial charge in [-0.1, -0.05) is 18.2 Å². The van der Waals surface area contributed by atoms with Crippen molar-refractivity contribution >= 4 is 0 Å². The lowest BCUT2D eigenvalue weighted by molar-refractivity contribution is -0.211. The summed E-state index contributed by atoms with van der Waals surface area (Å²) in [5.41, 5.74) is -4.26. The lowest BCUT2D eigenvalue weighted by Gasteiger charge is -2.31. The number of hydrogen-bond donors (Lipinski definition) is 0. The number of hydrogen-bond acceptors (Lipinski definition) is 0. The van der Waals surface area contributed by atoms with E-state index in [1.165, 1.54) is 6.08 Å². The van der Waals surface area contributed by atoms with Crippen LogP contribution < -0.4 is 0 Å². The fraction of sp³-hybridized carbons (Fsp3) is 0.556. The summed E-state index contributed by atoms with van der Waals surface area (Å²) in [4.78, 5) is 0. The third kappa shape index (κ3) is 1.30. The molecule has 2 unspecified atom stereocenters. The van der Waals surface area contributed by atoms with Crippen molar-refractivity contribution in [2.75, 3.05) is 0 Å². The van der Waals surface area contributed by atoms with Crippen LogP contribution in [0, 0.1) is 11.3 Å². The molecule has 0 aromatic rings. The van der Waals surface area contributed by atoms with Gasteiger partial charge in [0.1, 0.15) is 5.41 Å². The Balaban J connectivity index is 2.48. The highest BCUT2D eigenvalue weighted by Crippen LogP contribution is 2.61. The Bertz CT molecular complexity index is 345. The zero-order valence-corrected chi connectivity index (χ0v) is 7.28. The van der Waals surface area contributed by atoms with Crippen LogP contribution in [0.2, 0.25) is 0 Å². The predicted molar refractivity (Wildman–Crippen MR) is 39.9 cm³/mol. The summed E-state index contributed by atoms with van der Waals surface area (Å²) < 4.78 is 75.1. The Morgan fingerprint density at radius 1 is 1.13 bits per heavy atom. The van der Waals surface area contributed by atoms with Gasteiger partial charge in [-0.15, -0.1) is 0 Å². The van der Waals surface area contributed by atoms with Gasteiger partial charge < -0.3 is 0 Å². The Hall–Kier alpha value is -0.940. The molecule has 0 saturated carbocycles. The fourth-order valence-electron chi connectivity index (χ4n) is 2.18. The predicted octanol–water partition coefficient (Wildman–Crippen LogP) is 3.61. The van der Waals surface area contributed by atoms with Crippen molar-refractivity contribution in [3.63, 3.8) is 0 Å². The second kappa shape index (κ2) is 2.59. The minimum Gasteiger partial charge on any atom is -0.170 e. The van der Waals surface area contributed by atoms with Crippen molar-refractivity contribution in [1.82, 2.24) is 0 Å². The van der Waals surface area contributed by atoms with Gasteiger partial charge in [0, 0.05) is 5.57 Å². The summed E-state index contributed by atoms with van der Waals surface area (Å²) in [7, 11) is 0.